The van der Waals surface area contributed by atoms with Gasteiger partial charge in [0.15, 0.2) is 6.73 Å². The topological polar surface area (TPSA) is 66.8 Å². The normalized spacial score (nSPS) is 19.1. The number of ether oxygens (including phenoxy) is 1. The standard InChI is InChI=1S/C12H10F3NO4/c13-12(14,15)8-3-1-7(2-4-8)5-9-10(17)20-6-16(9)11(18)19/h1-4,9H,5-6H2,(H,18,19). The molecule has 2 rings (SSSR count). The minimum Gasteiger partial charge on any atom is -0.465 e. The molecule has 1 fully saturated rings. The van der Waals surface area contributed by atoms with E-state index in [9.17, 15) is 22.8 Å². The van der Waals surface area contributed by atoms with Gasteiger partial charge in [0.05, 0.1) is 5.56 Å². The van der Waals surface area contributed by atoms with E-state index in [1.807, 2.05) is 0 Å². The van der Waals surface area contributed by atoms with Crippen LogP contribution in [-0.2, 0) is 22.1 Å². The zero-order valence-corrected chi connectivity index (χ0v) is 10.1. The van der Waals surface area contributed by atoms with Gasteiger partial charge in [0.25, 0.3) is 0 Å². The monoisotopic (exact) mass is 289 g/mol. The number of halogens is 3. The lowest BCUT2D eigenvalue weighted by Crippen LogP contribution is -2.38. The quantitative estimate of drug-likeness (QED) is 0.847. The van der Waals surface area contributed by atoms with E-state index in [4.69, 9.17) is 5.11 Å². The number of cyclic esters (lactones) is 1. The van der Waals surface area contributed by atoms with E-state index in [-0.39, 0.29) is 13.2 Å². The molecule has 0 aliphatic carbocycles. The maximum Gasteiger partial charge on any atom is 0.416 e. The lowest BCUT2D eigenvalue weighted by Gasteiger charge is -2.16. The molecule has 8 heteroatoms. The average Bonchev–Trinajstić information content (AvgIpc) is 2.71. The lowest BCUT2D eigenvalue weighted by molar-refractivity contribution is -0.139. The van der Waals surface area contributed by atoms with E-state index < -0.39 is 29.8 Å². The summed E-state index contributed by atoms with van der Waals surface area (Å²) in [6.45, 7) is -0.362. The molecule has 0 spiro atoms. The molecule has 1 aromatic rings. The molecule has 1 heterocycles. The summed E-state index contributed by atoms with van der Waals surface area (Å²) in [6.07, 6.45) is -5.77. The summed E-state index contributed by atoms with van der Waals surface area (Å²) in [5, 5.41) is 8.88. The van der Waals surface area contributed by atoms with Gasteiger partial charge in [-0.05, 0) is 17.7 Å². The Kier molecular flexibility index (Phi) is 3.56. The molecule has 0 saturated carbocycles. The maximum atomic E-state index is 12.4. The van der Waals surface area contributed by atoms with Crippen LogP contribution in [0.1, 0.15) is 11.1 Å². The fourth-order valence-electron chi connectivity index (χ4n) is 1.88. The van der Waals surface area contributed by atoms with Crippen molar-refractivity contribution in [2.75, 3.05) is 6.73 Å². The van der Waals surface area contributed by atoms with Gasteiger partial charge in [-0.2, -0.15) is 13.2 Å². The first-order valence-corrected chi connectivity index (χ1v) is 5.61. The number of benzene rings is 1. The van der Waals surface area contributed by atoms with Crippen LogP contribution in [0.5, 0.6) is 0 Å². The second-order valence-electron chi connectivity index (χ2n) is 4.26. The highest BCUT2D eigenvalue weighted by molar-refractivity contribution is 5.83. The molecule has 1 saturated heterocycles. The molecule has 1 amide bonds. The predicted octanol–water partition coefficient (Wildman–Crippen LogP) is 2.11. The van der Waals surface area contributed by atoms with E-state index in [1.54, 1.807) is 0 Å². The summed E-state index contributed by atoms with van der Waals surface area (Å²) >= 11 is 0. The molecule has 20 heavy (non-hydrogen) atoms. The van der Waals surface area contributed by atoms with Crippen LogP contribution in [0.15, 0.2) is 24.3 Å². The van der Waals surface area contributed by atoms with Gasteiger partial charge in [0, 0.05) is 6.42 Å². The Labute approximate surface area is 111 Å². The van der Waals surface area contributed by atoms with Crippen LogP contribution in [-0.4, -0.2) is 34.8 Å². The van der Waals surface area contributed by atoms with Crippen LogP contribution < -0.4 is 0 Å². The molecule has 5 nitrogen and oxygen atoms in total. The summed E-state index contributed by atoms with van der Waals surface area (Å²) in [6, 6.07) is 3.19. The van der Waals surface area contributed by atoms with Crippen molar-refractivity contribution in [2.45, 2.75) is 18.6 Å². The van der Waals surface area contributed by atoms with Crippen LogP contribution in [0.4, 0.5) is 18.0 Å². The number of hydrogen-bond acceptors (Lipinski definition) is 3. The predicted molar refractivity (Wildman–Crippen MR) is 59.8 cm³/mol. The molecule has 1 aliphatic heterocycles. The van der Waals surface area contributed by atoms with Crippen molar-refractivity contribution in [3.63, 3.8) is 0 Å². The lowest BCUT2D eigenvalue weighted by atomic mass is 10.0. The number of carboxylic acid groups (broad SMARTS) is 1. The third-order valence-corrected chi connectivity index (χ3v) is 2.95. The molecular formula is C12H10F3NO4. The Morgan fingerprint density at radius 1 is 1.35 bits per heavy atom. The largest absolute Gasteiger partial charge is 0.465 e. The first kappa shape index (κ1) is 14.2. The average molecular weight is 289 g/mol. The molecule has 1 aliphatic rings. The van der Waals surface area contributed by atoms with E-state index in [0.29, 0.717) is 5.56 Å². The van der Waals surface area contributed by atoms with Crippen LogP contribution in [0.3, 0.4) is 0 Å². The molecule has 108 valence electrons. The van der Waals surface area contributed by atoms with Gasteiger partial charge < -0.3 is 9.84 Å². The Balaban J connectivity index is 2.13. The Hall–Kier alpha value is -2.25. The van der Waals surface area contributed by atoms with Crippen LogP contribution in [0.25, 0.3) is 0 Å². The molecule has 1 N–H and O–H groups in total. The third kappa shape index (κ3) is 2.84. The van der Waals surface area contributed by atoms with Gasteiger partial charge in [-0.1, -0.05) is 12.1 Å². The molecule has 0 bridgehead atoms. The second kappa shape index (κ2) is 5.03. The highest BCUT2D eigenvalue weighted by Crippen LogP contribution is 2.29. The number of carbonyl (C=O) groups excluding carboxylic acids is 1. The number of carbonyl (C=O) groups is 2. The number of rotatable bonds is 2. The highest BCUT2D eigenvalue weighted by atomic mass is 19.4. The summed E-state index contributed by atoms with van der Waals surface area (Å²) in [5.41, 5.74) is -0.376. The van der Waals surface area contributed by atoms with Crippen molar-refractivity contribution in [2.24, 2.45) is 0 Å². The van der Waals surface area contributed by atoms with E-state index >= 15 is 0 Å². The maximum absolute atomic E-state index is 12.4. The van der Waals surface area contributed by atoms with E-state index in [0.717, 1.165) is 17.0 Å². The molecule has 0 radical (unpaired) electrons. The number of alkyl halides is 3. The van der Waals surface area contributed by atoms with Gasteiger partial charge in [0.2, 0.25) is 0 Å². The van der Waals surface area contributed by atoms with Crippen molar-refractivity contribution < 1.29 is 32.6 Å². The van der Waals surface area contributed by atoms with E-state index in [1.165, 1.54) is 12.1 Å². The van der Waals surface area contributed by atoms with Gasteiger partial charge in [-0.15, -0.1) is 0 Å². The number of esters is 1. The minimum atomic E-state index is -4.43. The fraction of sp³-hybridized carbons (Fsp3) is 0.333. The van der Waals surface area contributed by atoms with Crippen LogP contribution in [0.2, 0.25) is 0 Å². The highest BCUT2D eigenvalue weighted by Gasteiger charge is 2.38. The fourth-order valence-corrected chi connectivity index (χ4v) is 1.88. The van der Waals surface area contributed by atoms with Crippen molar-refractivity contribution in [3.8, 4) is 0 Å². The summed E-state index contributed by atoms with van der Waals surface area (Å²) in [4.78, 5) is 23.1. The Morgan fingerprint density at radius 2 is 1.95 bits per heavy atom. The van der Waals surface area contributed by atoms with Gasteiger partial charge in [-0.3, -0.25) is 4.90 Å². The SMILES string of the molecule is O=C1OCN(C(=O)O)C1Cc1ccc(C(F)(F)F)cc1. The molecule has 1 unspecified atom stereocenters. The summed E-state index contributed by atoms with van der Waals surface area (Å²) in [5.74, 6) is -0.702. The number of nitrogens with zero attached hydrogens (tertiary/aromatic N) is 1. The van der Waals surface area contributed by atoms with Crippen LogP contribution in [0, 0.1) is 0 Å². The first-order valence-electron chi connectivity index (χ1n) is 5.61. The Morgan fingerprint density at radius 3 is 2.45 bits per heavy atom. The number of amides is 1. The molecule has 1 aromatic carbocycles. The van der Waals surface area contributed by atoms with Crippen molar-refractivity contribution in [1.29, 1.82) is 0 Å². The zero-order valence-electron chi connectivity index (χ0n) is 10.1. The first-order chi connectivity index (χ1) is 9.29. The Bertz CT molecular complexity index is 526. The van der Waals surface area contributed by atoms with Crippen LogP contribution >= 0.6 is 0 Å². The smallest absolute Gasteiger partial charge is 0.416 e. The van der Waals surface area contributed by atoms with Gasteiger partial charge in [0.1, 0.15) is 6.04 Å². The van der Waals surface area contributed by atoms with Gasteiger partial charge in [-0.25, -0.2) is 9.59 Å². The molecular weight excluding hydrogens is 279 g/mol. The van der Waals surface area contributed by atoms with Crippen molar-refractivity contribution in [1.82, 2.24) is 4.90 Å². The summed E-state index contributed by atoms with van der Waals surface area (Å²) < 4.78 is 41.8. The third-order valence-electron chi connectivity index (χ3n) is 2.95. The number of hydrogen-bond donors (Lipinski definition) is 1. The zero-order chi connectivity index (χ0) is 14.9. The van der Waals surface area contributed by atoms with Crippen molar-refractivity contribution >= 4 is 12.1 Å². The molecule has 1 atom stereocenters. The van der Waals surface area contributed by atoms with E-state index in [2.05, 4.69) is 4.74 Å². The summed E-state index contributed by atoms with van der Waals surface area (Å²) in [7, 11) is 0. The minimum absolute atomic E-state index is 0.0245. The van der Waals surface area contributed by atoms with Crippen molar-refractivity contribution in [3.05, 3.63) is 35.4 Å². The van der Waals surface area contributed by atoms with Gasteiger partial charge >= 0.3 is 18.2 Å². The molecule has 0 aromatic heterocycles. The second-order valence-corrected chi connectivity index (χ2v) is 4.26.